The summed E-state index contributed by atoms with van der Waals surface area (Å²) in [5.41, 5.74) is 0.305. The molecule has 2 fully saturated rings. The van der Waals surface area contributed by atoms with Crippen LogP contribution in [0.1, 0.15) is 93.4 Å². The normalized spacial score (nSPS) is 30.6. The van der Waals surface area contributed by atoms with Gasteiger partial charge in [-0.25, -0.2) is 4.79 Å². The Balaban J connectivity index is 2.41. The first kappa shape index (κ1) is 25.9. The van der Waals surface area contributed by atoms with Gasteiger partial charge in [-0.1, -0.05) is 61.3 Å². The van der Waals surface area contributed by atoms with Crippen LogP contribution in [0.4, 0.5) is 0 Å². The number of esters is 1. The second-order valence-electron chi connectivity index (χ2n) is 11.9. The molecule has 176 valence electrons. The van der Waals surface area contributed by atoms with E-state index in [0.717, 1.165) is 5.92 Å². The van der Waals surface area contributed by atoms with Gasteiger partial charge in [0.2, 0.25) is 0 Å². The predicted molar refractivity (Wildman–Crippen MR) is 126 cm³/mol. The lowest BCUT2D eigenvalue weighted by atomic mass is 9.63. The fourth-order valence-corrected chi connectivity index (χ4v) is 7.09. The molecule has 0 aliphatic heterocycles. The molecule has 0 spiro atoms. The summed E-state index contributed by atoms with van der Waals surface area (Å²) in [5, 5.41) is -0.0219. The predicted octanol–water partition coefficient (Wildman–Crippen LogP) is 6.94. The Morgan fingerprint density at radius 1 is 1.13 bits per heavy atom. The average Bonchev–Trinajstić information content (AvgIpc) is 2.99. The van der Waals surface area contributed by atoms with Gasteiger partial charge in [-0.3, -0.25) is 0 Å². The largest absolute Gasteiger partial charge is 0.465 e. The van der Waals surface area contributed by atoms with Crippen LogP contribution in [-0.2, 0) is 18.7 Å². The summed E-state index contributed by atoms with van der Waals surface area (Å²) < 4.78 is 18.9. The monoisotopic (exact) mass is 440 g/mol. The number of carbonyl (C=O) groups excluding carboxylic acids is 1. The Bertz CT molecular complexity index is 596. The molecule has 5 atom stereocenters. The van der Waals surface area contributed by atoms with Crippen molar-refractivity contribution in [3.05, 3.63) is 0 Å². The van der Waals surface area contributed by atoms with Crippen LogP contribution in [0.3, 0.4) is 0 Å². The Morgan fingerprint density at radius 2 is 1.77 bits per heavy atom. The van der Waals surface area contributed by atoms with Crippen LogP contribution in [0.25, 0.3) is 0 Å². The summed E-state index contributed by atoms with van der Waals surface area (Å²) in [5.74, 6) is -0.150. The van der Waals surface area contributed by atoms with Crippen LogP contribution in [0.2, 0.25) is 18.1 Å². The van der Waals surface area contributed by atoms with E-state index in [1.54, 1.807) is 0 Å². The maximum atomic E-state index is 13.2. The smallest absolute Gasteiger partial charge is 0.365 e. The zero-order valence-corrected chi connectivity index (χ0v) is 22.4. The van der Waals surface area contributed by atoms with Crippen LogP contribution in [-0.4, -0.2) is 33.3 Å². The zero-order chi connectivity index (χ0) is 23.0. The van der Waals surface area contributed by atoms with Crippen molar-refractivity contribution in [3.63, 3.8) is 0 Å². The number of ether oxygens (including phenoxy) is 2. The van der Waals surface area contributed by atoms with Crippen molar-refractivity contribution in [2.75, 3.05) is 7.11 Å². The highest BCUT2D eigenvalue weighted by molar-refractivity contribution is 6.74. The standard InChI is InChI=1S/C25H48O4Si/c1-11-25(22(26)27-8,29-30(9,10)23(4,5)6)28-21(18(2)3)20-16-15-19-14-12-13-17-24(19,20)7/h18-21H,11-17H2,1-10H3. The minimum Gasteiger partial charge on any atom is -0.465 e. The zero-order valence-electron chi connectivity index (χ0n) is 21.4. The molecule has 0 aromatic carbocycles. The van der Waals surface area contributed by atoms with Crippen LogP contribution in [0.15, 0.2) is 0 Å². The summed E-state index contributed by atoms with van der Waals surface area (Å²) >= 11 is 0. The lowest BCUT2D eigenvalue weighted by Crippen LogP contribution is -2.58. The van der Waals surface area contributed by atoms with E-state index in [0.29, 0.717) is 23.7 Å². The summed E-state index contributed by atoms with van der Waals surface area (Å²) in [7, 11) is -0.813. The first-order valence-electron chi connectivity index (χ1n) is 12.2. The van der Waals surface area contributed by atoms with Crippen molar-refractivity contribution in [1.29, 1.82) is 0 Å². The lowest BCUT2D eigenvalue weighted by molar-refractivity contribution is -0.253. The lowest BCUT2D eigenvalue weighted by Gasteiger charge is -2.49. The first-order valence-corrected chi connectivity index (χ1v) is 15.1. The second kappa shape index (κ2) is 9.23. The maximum Gasteiger partial charge on any atom is 0.365 e. The number of carbonyl (C=O) groups is 1. The van der Waals surface area contributed by atoms with Crippen LogP contribution in [0.5, 0.6) is 0 Å². The van der Waals surface area contributed by atoms with Gasteiger partial charge < -0.3 is 13.9 Å². The SMILES string of the molecule is CCC(OC(C(C)C)C1CCC2CCCCC21C)(O[Si](C)(C)C(C)(C)C)C(=O)OC. The second-order valence-corrected chi connectivity index (χ2v) is 16.6. The molecule has 2 rings (SSSR count). The van der Waals surface area contributed by atoms with E-state index in [2.05, 4.69) is 54.6 Å². The summed E-state index contributed by atoms with van der Waals surface area (Å²) in [6.45, 7) is 19.9. The van der Waals surface area contributed by atoms with Crippen molar-refractivity contribution in [1.82, 2.24) is 0 Å². The molecule has 5 heteroatoms. The third-order valence-corrected chi connectivity index (χ3v) is 13.1. The van der Waals surface area contributed by atoms with E-state index < -0.39 is 14.1 Å². The molecule has 2 aliphatic rings. The fourth-order valence-electron chi connectivity index (χ4n) is 5.68. The minimum atomic E-state index is -2.26. The van der Waals surface area contributed by atoms with Gasteiger partial charge in [-0.15, -0.1) is 0 Å². The number of hydrogen-bond donors (Lipinski definition) is 0. The van der Waals surface area contributed by atoms with Crippen molar-refractivity contribution in [2.45, 2.75) is 123 Å². The Labute approximate surface area is 186 Å². The highest BCUT2D eigenvalue weighted by Gasteiger charge is 2.56. The maximum absolute atomic E-state index is 13.2. The van der Waals surface area contributed by atoms with E-state index in [1.807, 2.05) is 6.92 Å². The number of hydrogen-bond acceptors (Lipinski definition) is 4. The van der Waals surface area contributed by atoms with E-state index in [1.165, 1.54) is 45.6 Å². The molecule has 2 saturated carbocycles. The third kappa shape index (κ3) is 4.83. The molecular formula is C25H48O4Si. The first-order chi connectivity index (χ1) is 13.7. The average molecular weight is 441 g/mol. The van der Waals surface area contributed by atoms with Crippen molar-refractivity contribution in [2.24, 2.45) is 23.2 Å². The molecule has 0 amide bonds. The fraction of sp³-hybridized carbons (Fsp3) is 0.960. The molecule has 0 radical (unpaired) electrons. The Morgan fingerprint density at radius 3 is 2.27 bits per heavy atom. The topological polar surface area (TPSA) is 44.8 Å². The molecule has 30 heavy (non-hydrogen) atoms. The van der Waals surface area contributed by atoms with Crippen LogP contribution >= 0.6 is 0 Å². The van der Waals surface area contributed by atoms with Crippen molar-refractivity contribution >= 4 is 14.3 Å². The molecule has 0 aromatic heterocycles. The van der Waals surface area contributed by atoms with Gasteiger partial charge in [-0.2, -0.15) is 0 Å². The Hall–Kier alpha value is -0.393. The third-order valence-electron chi connectivity index (χ3n) is 8.69. The molecule has 4 nitrogen and oxygen atoms in total. The minimum absolute atomic E-state index is 0.0121. The Kier molecular flexibility index (Phi) is 7.96. The van der Waals surface area contributed by atoms with Gasteiger partial charge >= 0.3 is 5.97 Å². The van der Waals surface area contributed by atoms with E-state index >= 15 is 0 Å². The molecule has 0 aromatic rings. The van der Waals surface area contributed by atoms with Crippen molar-refractivity contribution < 1.29 is 18.7 Å². The van der Waals surface area contributed by atoms with E-state index in [-0.39, 0.29) is 17.1 Å². The van der Waals surface area contributed by atoms with Crippen molar-refractivity contribution in [3.8, 4) is 0 Å². The molecule has 0 N–H and O–H groups in total. The summed E-state index contributed by atoms with van der Waals surface area (Å²) in [4.78, 5) is 13.2. The summed E-state index contributed by atoms with van der Waals surface area (Å²) in [6, 6.07) is 0. The van der Waals surface area contributed by atoms with Gasteiger partial charge in [0.25, 0.3) is 5.79 Å². The van der Waals surface area contributed by atoms with Gasteiger partial charge in [0, 0.05) is 6.42 Å². The number of rotatable bonds is 8. The molecular weight excluding hydrogens is 392 g/mol. The highest BCUT2D eigenvalue weighted by atomic mass is 28.4. The van der Waals surface area contributed by atoms with Crippen LogP contribution < -0.4 is 0 Å². The molecule has 0 bridgehead atoms. The highest BCUT2D eigenvalue weighted by Crippen LogP contribution is 2.58. The van der Waals surface area contributed by atoms with Gasteiger partial charge in [0.05, 0.1) is 13.2 Å². The number of methoxy groups -OCH3 is 1. The van der Waals surface area contributed by atoms with Gasteiger partial charge in [0.1, 0.15) is 0 Å². The molecule has 5 unspecified atom stereocenters. The van der Waals surface area contributed by atoms with E-state index in [4.69, 9.17) is 13.9 Å². The summed E-state index contributed by atoms with van der Waals surface area (Å²) in [6.07, 6.45) is 8.20. The number of fused-ring (bicyclic) bond motifs is 1. The van der Waals surface area contributed by atoms with Crippen LogP contribution in [0, 0.1) is 23.2 Å². The molecule has 0 heterocycles. The van der Waals surface area contributed by atoms with E-state index in [9.17, 15) is 4.79 Å². The van der Waals surface area contributed by atoms with Gasteiger partial charge in [0.15, 0.2) is 8.32 Å². The van der Waals surface area contributed by atoms with Gasteiger partial charge in [-0.05, 0) is 67.0 Å². The quantitative estimate of drug-likeness (QED) is 0.233. The molecule has 0 saturated heterocycles. The molecule has 2 aliphatic carbocycles.